The first-order valence-corrected chi connectivity index (χ1v) is 4.17. The summed E-state index contributed by atoms with van der Waals surface area (Å²) < 4.78 is 4.64. The van der Waals surface area contributed by atoms with E-state index in [-0.39, 0.29) is 5.82 Å². The fourth-order valence-corrected chi connectivity index (χ4v) is 0.637. The standard InChI is InChI=1S/C8H13N3O3/c1-5-9-6(10-13-5)7(12)11-14-8(2,3)4/h1-4H3,(H,11,12). The summed E-state index contributed by atoms with van der Waals surface area (Å²) in [5, 5.41) is 3.44. The first kappa shape index (κ1) is 10.6. The molecule has 6 heteroatoms. The Balaban J connectivity index is 2.52. The van der Waals surface area contributed by atoms with Crippen molar-refractivity contribution in [2.45, 2.75) is 33.3 Å². The van der Waals surface area contributed by atoms with Crippen molar-refractivity contribution in [2.24, 2.45) is 0 Å². The summed E-state index contributed by atoms with van der Waals surface area (Å²) in [4.78, 5) is 20.1. The monoisotopic (exact) mass is 199 g/mol. The zero-order chi connectivity index (χ0) is 10.8. The van der Waals surface area contributed by atoms with Crippen molar-refractivity contribution in [1.82, 2.24) is 15.6 Å². The second-order valence-electron chi connectivity index (χ2n) is 3.78. The number of aryl methyl sites for hydroxylation is 1. The summed E-state index contributed by atoms with van der Waals surface area (Å²) in [6.45, 7) is 7.05. The van der Waals surface area contributed by atoms with Gasteiger partial charge in [0.15, 0.2) is 0 Å². The van der Waals surface area contributed by atoms with E-state index < -0.39 is 11.5 Å². The normalized spacial score (nSPS) is 11.4. The van der Waals surface area contributed by atoms with Crippen LogP contribution in [0.1, 0.15) is 37.3 Å². The molecule has 14 heavy (non-hydrogen) atoms. The van der Waals surface area contributed by atoms with Crippen molar-refractivity contribution in [3.63, 3.8) is 0 Å². The van der Waals surface area contributed by atoms with E-state index in [9.17, 15) is 4.79 Å². The van der Waals surface area contributed by atoms with Gasteiger partial charge >= 0.3 is 5.91 Å². The van der Waals surface area contributed by atoms with Crippen LogP contribution in [-0.2, 0) is 4.84 Å². The third-order valence-electron chi connectivity index (χ3n) is 1.18. The summed E-state index contributed by atoms with van der Waals surface area (Å²) >= 11 is 0. The number of carbonyl (C=O) groups is 1. The molecule has 0 spiro atoms. The molecule has 0 radical (unpaired) electrons. The third-order valence-corrected chi connectivity index (χ3v) is 1.18. The molecule has 0 aliphatic rings. The lowest BCUT2D eigenvalue weighted by Gasteiger charge is -2.17. The van der Waals surface area contributed by atoms with E-state index in [1.54, 1.807) is 6.92 Å². The minimum atomic E-state index is -0.517. The molecular formula is C8H13N3O3. The van der Waals surface area contributed by atoms with Crippen LogP contribution >= 0.6 is 0 Å². The zero-order valence-electron chi connectivity index (χ0n) is 8.62. The van der Waals surface area contributed by atoms with Crippen molar-refractivity contribution in [2.75, 3.05) is 0 Å². The number of carbonyl (C=O) groups excluding carboxylic acids is 1. The Kier molecular flexibility index (Phi) is 2.85. The number of hydroxylamine groups is 1. The Labute approximate surface area is 81.6 Å². The van der Waals surface area contributed by atoms with Gasteiger partial charge in [0.05, 0.1) is 5.60 Å². The highest BCUT2D eigenvalue weighted by molar-refractivity contribution is 5.89. The van der Waals surface area contributed by atoms with E-state index >= 15 is 0 Å². The molecule has 0 bridgehead atoms. The molecule has 0 unspecified atom stereocenters. The van der Waals surface area contributed by atoms with Gasteiger partial charge in [-0.05, 0) is 20.8 Å². The van der Waals surface area contributed by atoms with Crippen LogP contribution in [0.15, 0.2) is 4.52 Å². The van der Waals surface area contributed by atoms with Crippen molar-refractivity contribution in [1.29, 1.82) is 0 Å². The summed E-state index contributed by atoms with van der Waals surface area (Å²) in [6, 6.07) is 0. The van der Waals surface area contributed by atoms with Crippen LogP contribution < -0.4 is 5.48 Å². The summed E-state index contributed by atoms with van der Waals surface area (Å²) in [5.41, 5.74) is 1.78. The van der Waals surface area contributed by atoms with Gasteiger partial charge in [0.25, 0.3) is 5.82 Å². The summed E-state index contributed by atoms with van der Waals surface area (Å²) in [6.07, 6.45) is 0. The van der Waals surface area contributed by atoms with Crippen molar-refractivity contribution in [3.05, 3.63) is 11.7 Å². The van der Waals surface area contributed by atoms with Crippen LogP contribution in [0.25, 0.3) is 0 Å². The van der Waals surface area contributed by atoms with Gasteiger partial charge in [-0.15, -0.1) is 0 Å². The van der Waals surface area contributed by atoms with Gasteiger partial charge in [0.1, 0.15) is 0 Å². The minimum absolute atomic E-state index is 0.0354. The van der Waals surface area contributed by atoms with E-state index in [1.165, 1.54) is 0 Å². The lowest BCUT2D eigenvalue weighted by molar-refractivity contribution is -0.0594. The minimum Gasteiger partial charge on any atom is -0.339 e. The number of hydrogen-bond acceptors (Lipinski definition) is 5. The first-order chi connectivity index (χ1) is 6.38. The molecule has 1 amide bonds. The van der Waals surface area contributed by atoms with Crippen LogP contribution in [0.2, 0.25) is 0 Å². The second kappa shape index (κ2) is 3.75. The van der Waals surface area contributed by atoms with Crippen molar-refractivity contribution >= 4 is 5.91 Å². The van der Waals surface area contributed by atoms with Crippen LogP contribution in [0, 0.1) is 6.92 Å². The maximum Gasteiger partial charge on any atom is 0.316 e. The molecule has 0 atom stereocenters. The van der Waals surface area contributed by atoms with Crippen LogP contribution in [0.4, 0.5) is 0 Å². The Bertz CT molecular complexity index is 327. The Morgan fingerprint density at radius 2 is 2.14 bits per heavy atom. The Hall–Kier alpha value is -1.43. The number of hydrogen-bond donors (Lipinski definition) is 1. The number of aromatic nitrogens is 2. The van der Waals surface area contributed by atoms with Gasteiger partial charge in [-0.25, -0.2) is 5.48 Å². The molecule has 6 nitrogen and oxygen atoms in total. The molecule has 1 heterocycles. The molecule has 0 fully saturated rings. The average molecular weight is 199 g/mol. The van der Waals surface area contributed by atoms with E-state index in [2.05, 4.69) is 20.1 Å². The molecule has 1 aromatic heterocycles. The maximum atomic E-state index is 11.3. The zero-order valence-corrected chi connectivity index (χ0v) is 8.62. The smallest absolute Gasteiger partial charge is 0.316 e. The molecule has 1 N–H and O–H groups in total. The molecule has 1 aromatic rings. The molecule has 0 aromatic carbocycles. The van der Waals surface area contributed by atoms with Gasteiger partial charge in [0.2, 0.25) is 5.89 Å². The lowest BCUT2D eigenvalue weighted by atomic mass is 10.2. The fourth-order valence-electron chi connectivity index (χ4n) is 0.637. The van der Waals surface area contributed by atoms with Crippen molar-refractivity contribution < 1.29 is 14.2 Å². The van der Waals surface area contributed by atoms with E-state index in [1.807, 2.05) is 20.8 Å². The fraction of sp³-hybridized carbons (Fsp3) is 0.625. The van der Waals surface area contributed by atoms with Crippen LogP contribution in [0.5, 0.6) is 0 Å². The molecule has 78 valence electrons. The highest BCUT2D eigenvalue weighted by atomic mass is 16.7. The summed E-state index contributed by atoms with van der Waals surface area (Å²) in [7, 11) is 0. The number of rotatable bonds is 2. The number of nitrogens with one attached hydrogen (secondary N) is 1. The molecule has 1 rings (SSSR count). The summed E-state index contributed by atoms with van der Waals surface area (Å²) in [5.74, 6) is -0.213. The second-order valence-corrected chi connectivity index (χ2v) is 3.78. The van der Waals surface area contributed by atoms with Gasteiger partial charge in [-0.1, -0.05) is 5.16 Å². The van der Waals surface area contributed by atoms with Gasteiger partial charge in [-0.3, -0.25) is 9.63 Å². The van der Waals surface area contributed by atoms with Crippen LogP contribution in [-0.4, -0.2) is 21.6 Å². The maximum absolute atomic E-state index is 11.3. The van der Waals surface area contributed by atoms with Gasteiger partial charge in [-0.2, -0.15) is 4.98 Å². The highest BCUT2D eigenvalue weighted by Gasteiger charge is 2.17. The number of amides is 1. The van der Waals surface area contributed by atoms with E-state index in [0.29, 0.717) is 5.89 Å². The topological polar surface area (TPSA) is 77.2 Å². The molecule has 0 saturated carbocycles. The van der Waals surface area contributed by atoms with Gasteiger partial charge in [0, 0.05) is 6.92 Å². The first-order valence-electron chi connectivity index (χ1n) is 4.17. The third kappa shape index (κ3) is 3.14. The van der Waals surface area contributed by atoms with E-state index in [4.69, 9.17) is 4.84 Å². The average Bonchev–Trinajstić information content (AvgIpc) is 2.46. The Morgan fingerprint density at radius 1 is 1.50 bits per heavy atom. The Morgan fingerprint density at radius 3 is 2.57 bits per heavy atom. The van der Waals surface area contributed by atoms with E-state index in [0.717, 1.165) is 0 Å². The quantitative estimate of drug-likeness (QED) is 0.714. The SMILES string of the molecule is Cc1nc(C(=O)NOC(C)(C)C)no1. The molecular weight excluding hydrogens is 186 g/mol. The van der Waals surface area contributed by atoms with Crippen LogP contribution in [0.3, 0.4) is 0 Å². The molecule has 0 aliphatic heterocycles. The van der Waals surface area contributed by atoms with Gasteiger partial charge < -0.3 is 4.52 Å². The molecule has 0 aliphatic carbocycles. The predicted octanol–water partition coefficient (Wildman–Crippen LogP) is 0.838. The predicted molar refractivity (Wildman–Crippen MR) is 47.3 cm³/mol. The van der Waals surface area contributed by atoms with Crippen molar-refractivity contribution in [3.8, 4) is 0 Å². The lowest BCUT2D eigenvalue weighted by Crippen LogP contribution is -2.34. The largest absolute Gasteiger partial charge is 0.339 e. The number of nitrogens with zero attached hydrogens (tertiary/aromatic N) is 2. The molecule has 0 saturated heterocycles. The highest BCUT2D eigenvalue weighted by Crippen LogP contribution is 2.04.